The van der Waals surface area contributed by atoms with Crippen molar-refractivity contribution >= 4 is 13.2 Å². The lowest BCUT2D eigenvalue weighted by molar-refractivity contribution is -0.115. The van der Waals surface area contributed by atoms with Crippen LogP contribution in [0.5, 0.6) is 0 Å². The van der Waals surface area contributed by atoms with E-state index in [1.54, 1.807) is 6.92 Å². The van der Waals surface area contributed by atoms with E-state index in [9.17, 15) is 9.36 Å². The SMILES string of the molecule is CC=C(OP(C)(C)=O)C(C)=O. The van der Waals surface area contributed by atoms with E-state index in [-0.39, 0.29) is 11.5 Å². The highest BCUT2D eigenvalue weighted by Crippen LogP contribution is 2.40. The predicted octanol–water partition coefficient (Wildman–Crippen LogP) is 2.03. The molecule has 0 fully saturated rings. The molecule has 4 heteroatoms. The van der Waals surface area contributed by atoms with Crippen molar-refractivity contribution in [3.05, 3.63) is 11.8 Å². The van der Waals surface area contributed by atoms with Crippen LogP contribution in [0.15, 0.2) is 11.8 Å². The summed E-state index contributed by atoms with van der Waals surface area (Å²) in [4.78, 5) is 10.7. The third-order valence-electron chi connectivity index (χ3n) is 0.927. The highest BCUT2D eigenvalue weighted by atomic mass is 31.2. The maximum absolute atomic E-state index is 11.1. The largest absolute Gasteiger partial charge is 0.440 e. The first-order valence-corrected chi connectivity index (χ1v) is 5.80. The van der Waals surface area contributed by atoms with Gasteiger partial charge < -0.3 is 4.52 Å². The zero-order valence-electron chi connectivity index (χ0n) is 7.25. The van der Waals surface area contributed by atoms with Crippen molar-refractivity contribution in [2.24, 2.45) is 0 Å². The van der Waals surface area contributed by atoms with Crippen LogP contribution in [-0.4, -0.2) is 19.1 Å². The topological polar surface area (TPSA) is 43.4 Å². The number of allylic oxidation sites excluding steroid dienone is 2. The van der Waals surface area contributed by atoms with Crippen LogP contribution in [0.1, 0.15) is 13.8 Å². The Morgan fingerprint density at radius 2 is 1.91 bits per heavy atom. The van der Waals surface area contributed by atoms with Crippen LogP contribution >= 0.6 is 7.37 Å². The Kier molecular flexibility index (Phi) is 3.53. The number of carbonyl (C=O) groups is 1. The molecular weight excluding hydrogens is 163 g/mol. The van der Waals surface area contributed by atoms with E-state index in [4.69, 9.17) is 4.52 Å². The predicted molar refractivity (Wildman–Crippen MR) is 45.0 cm³/mol. The van der Waals surface area contributed by atoms with Crippen LogP contribution in [0.2, 0.25) is 0 Å². The van der Waals surface area contributed by atoms with E-state index < -0.39 is 7.37 Å². The molecule has 11 heavy (non-hydrogen) atoms. The summed E-state index contributed by atoms with van der Waals surface area (Å²) in [6.07, 6.45) is 1.52. The van der Waals surface area contributed by atoms with E-state index in [1.165, 1.54) is 26.3 Å². The van der Waals surface area contributed by atoms with E-state index in [2.05, 4.69) is 0 Å². The zero-order valence-corrected chi connectivity index (χ0v) is 8.14. The summed E-state index contributed by atoms with van der Waals surface area (Å²) >= 11 is 0. The number of rotatable bonds is 3. The standard InChI is InChI=1S/C7H13O3P/c1-5-7(6(2)8)10-11(3,4)9/h5H,1-4H3. The molecule has 0 N–H and O–H groups in total. The molecule has 0 heterocycles. The summed E-state index contributed by atoms with van der Waals surface area (Å²) in [6.45, 7) is 6.00. The van der Waals surface area contributed by atoms with Crippen molar-refractivity contribution in [1.29, 1.82) is 0 Å². The van der Waals surface area contributed by atoms with Gasteiger partial charge in [-0.1, -0.05) is 0 Å². The summed E-state index contributed by atoms with van der Waals surface area (Å²) in [7, 11) is -2.58. The Morgan fingerprint density at radius 3 is 2.00 bits per heavy atom. The van der Waals surface area contributed by atoms with Gasteiger partial charge in [-0.05, 0) is 13.0 Å². The fourth-order valence-corrected chi connectivity index (χ4v) is 1.26. The molecule has 0 aliphatic carbocycles. The first-order chi connectivity index (χ1) is 4.87. The average Bonchev–Trinajstić information content (AvgIpc) is 1.80. The Labute approximate surface area is 66.9 Å². The van der Waals surface area contributed by atoms with Gasteiger partial charge in [-0.15, -0.1) is 0 Å². The van der Waals surface area contributed by atoms with Gasteiger partial charge in [0.15, 0.2) is 11.5 Å². The second-order valence-electron chi connectivity index (χ2n) is 2.55. The van der Waals surface area contributed by atoms with Crippen molar-refractivity contribution in [1.82, 2.24) is 0 Å². The lowest BCUT2D eigenvalue weighted by Gasteiger charge is -2.10. The fourth-order valence-electron chi connectivity index (χ4n) is 0.557. The second kappa shape index (κ2) is 3.72. The summed E-state index contributed by atoms with van der Waals surface area (Å²) in [6, 6.07) is 0. The Balaban J connectivity index is 4.37. The Hall–Kier alpha value is -0.560. The summed E-state index contributed by atoms with van der Waals surface area (Å²) in [5.41, 5.74) is 0. The number of ketones is 1. The van der Waals surface area contributed by atoms with Crippen LogP contribution in [0.3, 0.4) is 0 Å². The van der Waals surface area contributed by atoms with E-state index in [0.717, 1.165) is 0 Å². The van der Waals surface area contributed by atoms with E-state index in [0.29, 0.717) is 0 Å². The monoisotopic (exact) mass is 176 g/mol. The average molecular weight is 176 g/mol. The Morgan fingerprint density at radius 1 is 1.45 bits per heavy atom. The van der Waals surface area contributed by atoms with Crippen LogP contribution < -0.4 is 0 Å². The summed E-state index contributed by atoms with van der Waals surface area (Å²) in [5, 5.41) is 0. The summed E-state index contributed by atoms with van der Waals surface area (Å²) < 4.78 is 16.0. The lowest BCUT2D eigenvalue weighted by Crippen LogP contribution is -1.99. The van der Waals surface area contributed by atoms with Crippen LogP contribution in [0.25, 0.3) is 0 Å². The van der Waals surface area contributed by atoms with Crippen molar-refractivity contribution in [3.63, 3.8) is 0 Å². The molecule has 0 saturated heterocycles. The minimum absolute atomic E-state index is 0.179. The van der Waals surface area contributed by atoms with Crippen molar-refractivity contribution in [2.75, 3.05) is 13.3 Å². The quantitative estimate of drug-likeness (QED) is 0.375. The minimum Gasteiger partial charge on any atom is -0.440 e. The first kappa shape index (κ1) is 10.4. The lowest BCUT2D eigenvalue weighted by atomic mass is 10.3. The van der Waals surface area contributed by atoms with Crippen LogP contribution in [-0.2, 0) is 13.9 Å². The first-order valence-electron chi connectivity index (χ1n) is 3.28. The van der Waals surface area contributed by atoms with Crippen molar-refractivity contribution in [2.45, 2.75) is 13.8 Å². The van der Waals surface area contributed by atoms with Gasteiger partial charge in [0.2, 0.25) is 7.37 Å². The molecule has 0 bridgehead atoms. The maximum Gasteiger partial charge on any atom is 0.242 e. The zero-order chi connectivity index (χ0) is 9.07. The molecule has 0 spiro atoms. The molecule has 0 rings (SSSR count). The molecule has 0 radical (unpaired) electrons. The van der Waals surface area contributed by atoms with Gasteiger partial charge in [0.1, 0.15) is 0 Å². The summed E-state index contributed by atoms with van der Waals surface area (Å²) in [5.74, 6) is -0.0187. The smallest absolute Gasteiger partial charge is 0.242 e. The van der Waals surface area contributed by atoms with Crippen molar-refractivity contribution < 1.29 is 13.9 Å². The van der Waals surface area contributed by atoms with Crippen molar-refractivity contribution in [3.8, 4) is 0 Å². The highest BCUT2D eigenvalue weighted by molar-refractivity contribution is 7.57. The molecule has 0 atom stereocenters. The minimum atomic E-state index is -2.58. The molecule has 64 valence electrons. The number of hydrogen-bond donors (Lipinski definition) is 0. The molecule has 0 amide bonds. The van der Waals surface area contributed by atoms with Gasteiger partial charge >= 0.3 is 0 Å². The molecule has 0 aromatic rings. The van der Waals surface area contributed by atoms with Gasteiger partial charge in [0.25, 0.3) is 0 Å². The molecule has 0 aliphatic heterocycles. The molecule has 0 aliphatic rings. The number of carbonyl (C=O) groups excluding carboxylic acids is 1. The number of Topliss-reactive ketones (excluding diaryl/α,β-unsaturated/α-hetero) is 1. The molecule has 0 saturated carbocycles. The van der Waals surface area contributed by atoms with Gasteiger partial charge in [0, 0.05) is 20.3 Å². The van der Waals surface area contributed by atoms with Gasteiger partial charge in [-0.2, -0.15) is 0 Å². The molecule has 3 nitrogen and oxygen atoms in total. The highest BCUT2D eigenvalue weighted by Gasteiger charge is 2.13. The third-order valence-corrected chi connectivity index (χ3v) is 1.56. The fraction of sp³-hybridized carbons (Fsp3) is 0.571. The van der Waals surface area contributed by atoms with Crippen LogP contribution in [0.4, 0.5) is 0 Å². The third kappa shape index (κ3) is 4.79. The van der Waals surface area contributed by atoms with E-state index in [1.807, 2.05) is 0 Å². The molecule has 0 aromatic heterocycles. The van der Waals surface area contributed by atoms with Crippen LogP contribution in [0, 0.1) is 0 Å². The van der Waals surface area contributed by atoms with Gasteiger partial charge in [0.05, 0.1) is 0 Å². The molecule has 0 unspecified atom stereocenters. The second-order valence-corrected chi connectivity index (χ2v) is 5.24. The van der Waals surface area contributed by atoms with Gasteiger partial charge in [-0.25, -0.2) is 0 Å². The maximum atomic E-state index is 11.1. The number of hydrogen-bond acceptors (Lipinski definition) is 3. The van der Waals surface area contributed by atoms with E-state index >= 15 is 0 Å². The molecular formula is C7H13O3P. The molecule has 0 aromatic carbocycles. The Bertz CT molecular complexity index is 224. The van der Waals surface area contributed by atoms with Gasteiger partial charge in [-0.3, -0.25) is 9.36 Å². The normalized spacial score (nSPS) is 12.9.